The number of carbonyl (C=O) groups excluding carboxylic acids is 1. The number of aromatic nitrogens is 1. The number of benzene rings is 2. The Kier molecular flexibility index (Phi) is 4.86. The van der Waals surface area contributed by atoms with Gasteiger partial charge in [0.1, 0.15) is 27.9 Å². The molecule has 2 aromatic carbocycles. The summed E-state index contributed by atoms with van der Waals surface area (Å²) in [5.41, 5.74) is 4.10. The first-order chi connectivity index (χ1) is 13.1. The number of rotatable bonds is 5. The van der Waals surface area contributed by atoms with Gasteiger partial charge in [-0.25, -0.2) is 26.6 Å². The first kappa shape index (κ1) is 19.4. The summed E-state index contributed by atoms with van der Waals surface area (Å²) in [6, 6.07) is 6.13. The van der Waals surface area contributed by atoms with Gasteiger partial charge in [0.2, 0.25) is 11.8 Å². The van der Waals surface area contributed by atoms with E-state index in [9.17, 15) is 26.4 Å². The summed E-state index contributed by atoms with van der Waals surface area (Å²) in [5, 5.41) is 2.49. The van der Waals surface area contributed by atoms with Crippen molar-refractivity contribution in [2.45, 2.75) is 4.90 Å². The number of hydrogen-bond donors (Lipinski definition) is 2. The third-order valence-corrected chi connectivity index (χ3v) is 4.76. The Bertz CT molecular complexity index is 1170. The van der Waals surface area contributed by atoms with E-state index in [4.69, 9.17) is 10.2 Å². The monoisotopic (exact) mass is 411 g/mol. The predicted octanol–water partition coefficient (Wildman–Crippen LogP) is 3.00. The third kappa shape index (κ3) is 3.69. The SMILES string of the molecule is CS(=O)(=O)c1ccc(Nc2oc(-c3c(F)cccc3F)nc2C(N)=O)cc1F. The zero-order valence-corrected chi connectivity index (χ0v) is 15.0. The summed E-state index contributed by atoms with van der Waals surface area (Å²) < 4.78 is 70.1. The Morgan fingerprint density at radius 1 is 1.11 bits per heavy atom. The minimum atomic E-state index is -3.78. The lowest BCUT2D eigenvalue weighted by Gasteiger charge is -2.06. The lowest BCUT2D eigenvalue weighted by molar-refractivity contribution is 0.0996. The number of oxazole rings is 1. The third-order valence-electron chi connectivity index (χ3n) is 3.63. The molecule has 0 aliphatic rings. The molecule has 1 aromatic heterocycles. The second kappa shape index (κ2) is 7.00. The van der Waals surface area contributed by atoms with Crippen molar-refractivity contribution in [3.8, 4) is 11.5 Å². The van der Waals surface area contributed by atoms with E-state index in [0.717, 1.165) is 36.6 Å². The van der Waals surface area contributed by atoms with Crippen molar-refractivity contribution in [2.75, 3.05) is 11.6 Å². The fourth-order valence-electron chi connectivity index (χ4n) is 2.39. The van der Waals surface area contributed by atoms with Crippen LogP contribution in [0, 0.1) is 17.5 Å². The topological polar surface area (TPSA) is 115 Å². The second-order valence-electron chi connectivity index (χ2n) is 5.70. The van der Waals surface area contributed by atoms with Gasteiger partial charge in [-0.1, -0.05) is 6.07 Å². The van der Waals surface area contributed by atoms with Gasteiger partial charge >= 0.3 is 0 Å². The average Bonchev–Trinajstić information content (AvgIpc) is 2.97. The molecule has 0 unspecified atom stereocenters. The Morgan fingerprint density at radius 3 is 2.29 bits per heavy atom. The van der Waals surface area contributed by atoms with Crippen LogP contribution in [-0.4, -0.2) is 25.6 Å². The molecule has 0 radical (unpaired) electrons. The molecule has 0 saturated heterocycles. The number of anilines is 2. The molecule has 3 rings (SSSR count). The predicted molar refractivity (Wildman–Crippen MR) is 93.2 cm³/mol. The maximum absolute atomic E-state index is 14.0. The van der Waals surface area contributed by atoms with Gasteiger partial charge in [0, 0.05) is 11.9 Å². The van der Waals surface area contributed by atoms with Crippen molar-refractivity contribution in [1.82, 2.24) is 4.98 Å². The molecule has 0 aliphatic heterocycles. The molecule has 0 aliphatic carbocycles. The highest BCUT2D eigenvalue weighted by Crippen LogP contribution is 2.31. The number of hydrogen-bond acceptors (Lipinski definition) is 6. The smallest absolute Gasteiger partial charge is 0.273 e. The van der Waals surface area contributed by atoms with Crippen LogP contribution in [0.15, 0.2) is 45.7 Å². The van der Waals surface area contributed by atoms with Crippen LogP contribution in [-0.2, 0) is 9.84 Å². The number of sulfone groups is 1. The van der Waals surface area contributed by atoms with Gasteiger partial charge in [-0.15, -0.1) is 0 Å². The van der Waals surface area contributed by atoms with Gasteiger partial charge in [-0.2, -0.15) is 0 Å². The quantitative estimate of drug-likeness (QED) is 0.667. The fourth-order valence-corrected chi connectivity index (χ4v) is 3.12. The summed E-state index contributed by atoms with van der Waals surface area (Å²) in [4.78, 5) is 14.8. The molecule has 7 nitrogen and oxygen atoms in total. The van der Waals surface area contributed by atoms with Gasteiger partial charge < -0.3 is 15.5 Å². The summed E-state index contributed by atoms with van der Waals surface area (Å²) in [5.74, 6) is -5.02. The Balaban J connectivity index is 2.05. The second-order valence-corrected chi connectivity index (χ2v) is 7.68. The first-order valence-electron chi connectivity index (χ1n) is 7.59. The zero-order chi connectivity index (χ0) is 20.6. The van der Waals surface area contributed by atoms with Crippen molar-refractivity contribution in [3.05, 3.63) is 59.5 Å². The van der Waals surface area contributed by atoms with E-state index in [2.05, 4.69) is 10.3 Å². The Hall–Kier alpha value is -3.34. The molecule has 0 fully saturated rings. The minimum absolute atomic E-state index is 0.0101. The Morgan fingerprint density at radius 2 is 1.75 bits per heavy atom. The molecule has 1 amide bonds. The average molecular weight is 411 g/mol. The van der Waals surface area contributed by atoms with E-state index in [1.54, 1.807) is 0 Å². The number of primary amides is 1. The number of carbonyl (C=O) groups is 1. The molecule has 3 aromatic rings. The molecule has 0 atom stereocenters. The summed E-state index contributed by atoms with van der Waals surface area (Å²) in [7, 11) is -3.78. The molecule has 3 N–H and O–H groups in total. The number of amides is 1. The van der Waals surface area contributed by atoms with Gasteiger partial charge in [0.25, 0.3) is 5.91 Å². The maximum atomic E-state index is 14.0. The van der Waals surface area contributed by atoms with Crippen LogP contribution < -0.4 is 11.1 Å². The highest BCUT2D eigenvalue weighted by Gasteiger charge is 2.24. The molecular weight excluding hydrogens is 399 g/mol. The summed E-state index contributed by atoms with van der Waals surface area (Å²) in [6.07, 6.45) is 0.843. The molecule has 0 spiro atoms. The van der Waals surface area contributed by atoms with E-state index >= 15 is 0 Å². The molecule has 0 bridgehead atoms. The van der Waals surface area contributed by atoms with Crippen LogP contribution in [0.2, 0.25) is 0 Å². The van der Waals surface area contributed by atoms with Crippen LogP contribution >= 0.6 is 0 Å². The van der Waals surface area contributed by atoms with Crippen LogP contribution in [0.5, 0.6) is 0 Å². The summed E-state index contributed by atoms with van der Waals surface area (Å²) in [6.45, 7) is 0. The van der Waals surface area contributed by atoms with E-state index in [-0.39, 0.29) is 5.69 Å². The Labute approximate surface area is 156 Å². The molecule has 1 heterocycles. The standard InChI is InChI=1S/C17H12F3N3O4S/c1-28(25,26)12-6-5-8(7-11(12)20)22-17-14(15(21)24)23-16(27-17)13-9(18)3-2-4-10(13)19/h2-7,22H,1H3,(H2,21,24). The van der Waals surface area contributed by atoms with E-state index in [0.29, 0.717) is 0 Å². The zero-order valence-electron chi connectivity index (χ0n) is 14.2. The summed E-state index contributed by atoms with van der Waals surface area (Å²) >= 11 is 0. The van der Waals surface area contributed by atoms with Crippen LogP contribution in [0.25, 0.3) is 11.5 Å². The first-order valence-corrected chi connectivity index (χ1v) is 9.48. The van der Waals surface area contributed by atoms with Crippen molar-refractivity contribution in [2.24, 2.45) is 5.73 Å². The molecule has 28 heavy (non-hydrogen) atoms. The van der Waals surface area contributed by atoms with E-state index in [1.807, 2.05) is 0 Å². The largest absolute Gasteiger partial charge is 0.419 e. The highest BCUT2D eigenvalue weighted by atomic mass is 32.2. The molecule has 0 saturated carbocycles. The van der Waals surface area contributed by atoms with Crippen LogP contribution in [0.4, 0.5) is 24.7 Å². The van der Waals surface area contributed by atoms with Gasteiger partial charge in [0.05, 0.1) is 0 Å². The van der Waals surface area contributed by atoms with Crippen LogP contribution in [0.3, 0.4) is 0 Å². The minimum Gasteiger partial charge on any atom is -0.419 e. The van der Waals surface area contributed by atoms with Gasteiger partial charge in [-0.3, -0.25) is 4.79 Å². The van der Waals surface area contributed by atoms with Crippen molar-refractivity contribution in [3.63, 3.8) is 0 Å². The number of nitrogens with zero attached hydrogens (tertiary/aromatic N) is 1. The van der Waals surface area contributed by atoms with E-state index < -0.39 is 61.1 Å². The molecule has 11 heteroatoms. The highest BCUT2D eigenvalue weighted by molar-refractivity contribution is 7.90. The lowest BCUT2D eigenvalue weighted by atomic mass is 10.2. The maximum Gasteiger partial charge on any atom is 0.273 e. The van der Waals surface area contributed by atoms with Crippen LogP contribution in [0.1, 0.15) is 10.5 Å². The number of halogens is 3. The number of nitrogens with two attached hydrogens (primary N) is 1. The van der Waals surface area contributed by atoms with Crippen molar-refractivity contribution in [1.29, 1.82) is 0 Å². The number of nitrogens with one attached hydrogen (secondary N) is 1. The van der Waals surface area contributed by atoms with Crippen molar-refractivity contribution >= 4 is 27.3 Å². The van der Waals surface area contributed by atoms with Gasteiger partial charge in [-0.05, 0) is 30.3 Å². The fraction of sp³-hybridized carbons (Fsp3) is 0.0588. The van der Waals surface area contributed by atoms with Crippen molar-refractivity contribution < 1.29 is 30.8 Å². The van der Waals surface area contributed by atoms with E-state index in [1.165, 1.54) is 6.07 Å². The normalized spacial score (nSPS) is 11.4. The van der Waals surface area contributed by atoms with Gasteiger partial charge in [0.15, 0.2) is 15.5 Å². The molecular formula is C17H12F3N3O4S. The lowest BCUT2D eigenvalue weighted by Crippen LogP contribution is -2.13. The molecule has 146 valence electrons.